The molecule has 2 N–H and O–H groups in total. The summed E-state index contributed by atoms with van der Waals surface area (Å²) in [4.78, 5) is 13.6. The molecular weight excluding hydrogens is 200 g/mol. The Bertz CT molecular complexity index is 374. The highest BCUT2D eigenvalue weighted by molar-refractivity contribution is 5.96. The smallest absolute Gasteiger partial charge is 0.243 e. The van der Waals surface area contributed by atoms with E-state index in [0.29, 0.717) is 0 Å². The first-order valence-corrected chi connectivity index (χ1v) is 5.53. The van der Waals surface area contributed by atoms with Gasteiger partial charge in [0.15, 0.2) is 0 Å². The first-order valence-electron chi connectivity index (χ1n) is 5.53. The Morgan fingerprint density at radius 2 is 2.00 bits per heavy atom. The van der Waals surface area contributed by atoms with Crippen molar-refractivity contribution in [3.05, 3.63) is 29.8 Å². The van der Waals surface area contributed by atoms with Crippen LogP contribution in [0.25, 0.3) is 0 Å². The topological polar surface area (TPSA) is 46.3 Å². The van der Waals surface area contributed by atoms with Crippen LogP contribution in [0, 0.1) is 12.8 Å². The molecule has 0 aliphatic carbocycles. The van der Waals surface area contributed by atoms with Crippen LogP contribution in [0.15, 0.2) is 24.3 Å². The molecule has 1 atom stereocenters. The Kier molecular flexibility index (Phi) is 4.07. The lowest BCUT2D eigenvalue weighted by atomic mass is 10.0. The normalized spacial score (nSPS) is 12.6. The molecule has 0 saturated carbocycles. The number of anilines is 1. The van der Waals surface area contributed by atoms with E-state index >= 15 is 0 Å². The molecule has 16 heavy (non-hydrogen) atoms. The zero-order valence-corrected chi connectivity index (χ0v) is 10.4. The third kappa shape index (κ3) is 2.83. The van der Waals surface area contributed by atoms with Crippen LogP contribution in [-0.4, -0.2) is 19.0 Å². The summed E-state index contributed by atoms with van der Waals surface area (Å²) in [6.45, 7) is 5.91. The third-order valence-corrected chi connectivity index (χ3v) is 2.72. The predicted molar refractivity (Wildman–Crippen MR) is 67.4 cm³/mol. The highest BCUT2D eigenvalue weighted by Crippen LogP contribution is 2.16. The summed E-state index contributed by atoms with van der Waals surface area (Å²) >= 11 is 0. The fourth-order valence-electron chi connectivity index (χ4n) is 1.47. The van der Waals surface area contributed by atoms with Crippen LogP contribution in [0.5, 0.6) is 0 Å². The second kappa shape index (κ2) is 5.12. The molecule has 0 unspecified atom stereocenters. The number of rotatable bonds is 3. The van der Waals surface area contributed by atoms with Crippen molar-refractivity contribution in [2.75, 3.05) is 11.9 Å². The predicted octanol–water partition coefficient (Wildman–Crippen LogP) is 1.94. The zero-order valence-electron chi connectivity index (χ0n) is 10.4. The number of nitrogens with two attached hydrogens (primary N) is 1. The zero-order chi connectivity index (χ0) is 12.3. The molecule has 3 heteroatoms. The number of aryl methyl sites for hydroxylation is 1. The molecule has 0 aromatic heterocycles. The fourth-order valence-corrected chi connectivity index (χ4v) is 1.47. The van der Waals surface area contributed by atoms with Gasteiger partial charge < -0.3 is 10.6 Å². The average molecular weight is 220 g/mol. The summed E-state index contributed by atoms with van der Waals surface area (Å²) in [5, 5.41) is 0. The molecule has 1 aromatic rings. The molecule has 1 amide bonds. The van der Waals surface area contributed by atoms with E-state index in [1.807, 2.05) is 45.0 Å². The number of carbonyl (C=O) groups excluding carboxylic acids is 1. The highest BCUT2D eigenvalue weighted by atomic mass is 16.2. The van der Waals surface area contributed by atoms with Gasteiger partial charge >= 0.3 is 0 Å². The van der Waals surface area contributed by atoms with E-state index in [4.69, 9.17) is 5.73 Å². The Labute approximate surface area is 97.2 Å². The van der Waals surface area contributed by atoms with Gasteiger partial charge in [-0.2, -0.15) is 0 Å². The molecular formula is C13H20N2O. The molecule has 0 radical (unpaired) electrons. The van der Waals surface area contributed by atoms with Gasteiger partial charge in [0.05, 0.1) is 6.04 Å². The molecule has 3 nitrogen and oxygen atoms in total. The van der Waals surface area contributed by atoms with Crippen LogP contribution >= 0.6 is 0 Å². The summed E-state index contributed by atoms with van der Waals surface area (Å²) in [6.07, 6.45) is 0. The van der Waals surface area contributed by atoms with Gasteiger partial charge in [0.25, 0.3) is 0 Å². The van der Waals surface area contributed by atoms with Crippen molar-refractivity contribution in [2.45, 2.75) is 26.8 Å². The van der Waals surface area contributed by atoms with Crippen LogP contribution in [-0.2, 0) is 4.79 Å². The summed E-state index contributed by atoms with van der Waals surface area (Å²) in [5.74, 6) is 0.111. The first kappa shape index (κ1) is 12.7. The lowest BCUT2D eigenvalue weighted by molar-refractivity contribution is -0.120. The number of nitrogens with zero attached hydrogens (tertiary/aromatic N) is 1. The maximum absolute atomic E-state index is 12.0. The number of amides is 1. The van der Waals surface area contributed by atoms with Crippen molar-refractivity contribution in [1.82, 2.24) is 0 Å². The van der Waals surface area contributed by atoms with Crippen molar-refractivity contribution in [3.63, 3.8) is 0 Å². The first-order chi connectivity index (χ1) is 7.43. The van der Waals surface area contributed by atoms with Gasteiger partial charge in [-0.15, -0.1) is 0 Å². The van der Waals surface area contributed by atoms with E-state index in [2.05, 4.69) is 0 Å². The van der Waals surface area contributed by atoms with Gasteiger partial charge in [-0.05, 0) is 30.5 Å². The molecule has 0 aliphatic heterocycles. The molecule has 1 rings (SSSR count). The average Bonchev–Trinajstić information content (AvgIpc) is 2.26. The van der Waals surface area contributed by atoms with Crippen LogP contribution in [0.3, 0.4) is 0 Å². The van der Waals surface area contributed by atoms with E-state index < -0.39 is 6.04 Å². The maximum atomic E-state index is 12.0. The highest BCUT2D eigenvalue weighted by Gasteiger charge is 2.21. The second-order valence-electron chi connectivity index (χ2n) is 4.51. The van der Waals surface area contributed by atoms with E-state index in [1.54, 1.807) is 11.9 Å². The maximum Gasteiger partial charge on any atom is 0.243 e. The van der Waals surface area contributed by atoms with Crippen molar-refractivity contribution >= 4 is 11.6 Å². The molecule has 1 aromatic carbocycles. The summed E-state index contributed by atoms with van der Waals surface area (Å²) < 4.78 is 0. The third-order valence-electron chi connectivity index (χ3n) is 2.72. The molecule has 0 bridgehead atoms. The monoisotopic (exact) mass is 220 g/mol. The summed E-state index contributed by atoms with van der Waals surface area (Å²) in [5.41, 5.74) is 7.87. The van der Waals surface area contributed by atoms with Crippen molar-refractivity contribution in [1.29, 1.82) is 0 Å². The Morgan fingerprint density at radius 3 is 2.50 bits per heavy atom. The van der Waals surface area contributed by atoms with Crippen molar-refractivity contribution < 1.29 is 4.79 Å². The lowest BCUT2D eigenvalue weighted by Gasteiger charge is -2.23. The standard InChI is InChI=1S/C13H20N2O/c1-9(2)12(14)13(16)15(4)11-7-5-6-10(3)8-11/h5-9,12H,14H2,1-4H3/t12-/m0/s1. The van der Waals surface area contributed by atoms with Crippen LogP contribution < -0.4 is 10.6 Å². The van der Waals surface area contributed by atoms with E-state index in [0.717, 1.165) is 11.3 Å². The minimum absolute atomic E-state index is 0.0411. The molecule has 0 aliphatic rings. The Balaban J connectivity index is 2.86. The molecule has 0 heterocycles. The number of carbonyl (C=O) groups is 1. The van der Waals surface area contributed by atoms with Gasteiger partial charge in [0.2, 0.25) is 5.91 Å². The van der Waals surface area contributed by atoms with Crippen LogP contribution in [0.2, 0.25) is 0 Å². The van der Waals surface area contributed by atoms with Crippen molar-refractivity contribution in [2.24, 2.45) is 11.7 Å². The number of benzene rings is 1. The van der Waals surface area contributed by atoms with Gasteiger partial charge in [-0.25, -0.2) is 0 Å². The molecule has 88 valence electrons. The second-order valence-corrected chi connectivity index (χ2v) is 4.51. The largest absolute Gasteiger partial charge is 0.320 e. The molecule has 0 spiro atoms. The summed E-state index contributed by atoms with van der Waals surface area (Å²) in [6, 6.07) is 7.40. The van der Waals surface area contributed by atoms with Gasteiger partial charge in [0, 0.05) is 12.7 Å². The molecule has 0 fully saturated rings. The summed E-state index contributed by atoms with van der Waals surface area (Å²) in [7, 11) is 1.76. The van der Waals surface area contributed by atoms with Crippen LogP contribution in [0.4, 0.5) is 5.69 Å². The van der Waals surface area contributed by atoms with Crippen LogP contribution in [0.1, 0.15) is 19.4 Å². The Hall–Kier alpha value is -1.35. The van der Waals surface area contributed by atoms with E-state index in [1.165, 1.54) is 0 Å². The number of hydrogen-bond donors (Lipinski definition) is 1. The van der Waals surface area contributed by atoms with Crippen molar-refractivity contribution in [3.8, 4) is 0 Å². The van der Waals surface area contributed by atoms with Gasteiger partial charge in [0.1, 0.15) is 0 Å². The Morgan fingerprint density at radius 1 is 1.38 bits per heavy atom. The van der Waals surface area contributed by atoms with E-state index in [9.17, 15) is 4.79 Å². The fraction of sp³-hybridized carbons (Fsp3) is 0.462. The minimum atomic E-state index is -0.439. The number of hydrogen-bond acceptors (Lipinski definition) is 2. The quantitative estimate of drug-likeness (QED) is 0.846. The molecule has 0 saturated heterocycles. The number of likely N-dealkylation sites (N-methyl/N-ethyl adjacent to an activating group) is 1. The lowest BCUT2D eigenvalue weighted by Crippen LogP contribution is -2.45. The minimum Gasteiger partial charge on any atom is -0.320 e. The van der Waals surface area contributed by atoms with Gasteiger partial charge in [-0.1, -0.05) is 26.0 Å². The van der Waals surface area contributed by atoms with Gasteiger partial charge in [-0.3, -0.25) is 4.79 Å². The SMILES string of the molecule is Cc1cccc(N(C)C(=O)[C@@H](N)C(C)C)c1. The van der Waals surface area contributed by atoms with E-state index in [-0.39, 0.29) is 11.8 Å².